The van der Waals surface area contributed by atoms with E-state index in [9.17, 15) is 13.2 Å². The Morgan fingerprint density at radius 3 is 2.23 bits per heavy atom. The fraction of sp³-hybridized carbons (Fsp3) is 0.800. The van der Waals surface area contributed by atoms with Gasteiger partial charge in [0.25, 0.3) is 5.88 Å². The molecule has 0 saturated heterocycles. The van der Waals surface area contributed by atoms with Gasteiger partial charge >= 0.3 is 16.2 Å². The molecule has 1 radical (unpaired) electrons. The zero-order valence-electron chi connectivity index (χ0n) is 7.34. The van der Waals surface area contributed by atoms with E-state index in [1.165, 1.54) is 7.05 Å². The van der Waals surface area contributed by atoms with Gasteiger partial charge in [-0.1, -0.05) is 0 Å². The van der Waals surface area contributed by atoms with Crippen LogP contribution in [0.3, 0.4) is 0 Å². The monoisotopic (exact) mass is 212 g/mol. The first-order valence-corrected chi connectivity index (χ1v) is 5.05. The largest absolute Gasteiger partial charge is 0.462 e. The van der Waals surface area contributed by atoms with Gasteiger partial charge in [-0.15, -0.1) is 5.01 Å². The lowest BCUT2D eigenvalue weighted by molar-refractivity contribution is 0.0867. The molecule has 0 spiro atoms. The number of carbonyl (C=O) groups is 1. The molecule has 0 aliphatic carbocycles. The summed E-state index contributed by atoms with van der Waals surface area (Å²) in [5.41, 5.74) is 0. The molecule has 0 heterocycles. The minimum absolute atomic E-state index is 0.112. The van der Waals surface area contributed by atoms with Crippen molar-refractivity contribution in [3.8, 4) is 0 Å². The Morgan fingerprint density at radius 1 is 1.54 bits per heavy atom. The third-order valence-corrected chi connectivity index (χ3v) is 1.98. The molecule has 7 nitrogen and oxygen atoms in total. The average molecular weight is 212 g/mol. The van der Waals surface area contributed by atoms with Gasteiger partial charge in [-0.05, 0) is 11.9 Å². The van der Waals surface area contributed by atoms with E-state index in [0.717, 1.165) is 10.0 Å². The van der Waals surface area contributed by atoms with Crippen LogP contribution in [-0.2, 0) is 10.1 Å². The van der Waals surface area contributed by atoms with Crippen molar-refractivity contribution >= 4 is 16.2 Å². The van der Waals surface area contributed by atoms with Crippen molar-refractivity contribution in [1.82, 2.24) is 10.0 Å². The van der Waals surface area contributed by atoms with Crippen LogP contribution in [0.4, 0.5) is 4.79 Å². The lowest BCUT2D eigenvalue weighted by Crippen LogP contribution is -2.49. The Bertz CT molecular complexity index is 275. The molecule has 0 aliphatic rings. The number of nitrogens with zero attached hydrogens (tertiary/aromatic N) is 2. The molecule has 2 N–H and O–H groups in total. The number of amides is 1. The Labute approximate surface area is 76.3 Å². The van der Waals surface area contributed by atoms with Crippen molar-refractivity contribution in [2.45, 2.75) is 6.92 Å². The zero-order valence-corrected chi connectivity index (χ0v) is 8.15. The molecule has 0 rings (SSSR count). The lowest BCUT2D eigenvalue weighted by atomic mass is 10.7. The first-order valence-electron chi connectivity index (χ1n) is 3.44. The van der Waals surface area contributed by atoms with Crippen molar-refractivity contribution in [2.75, 3.05) is 19.5 Å². The van der Waals surface area contributed by atoms with Crippen LogP contribution in [0.25, 0.3) is 0 Å². The third kappa shape index (κ3) is 4.65. The summed E-state index contributed by atoms with van der Waals surface area (Å²) >= 11 is 0. The second-order valence-corrected chi connectivity index (χ2v) is 3.79. The quantitative estimate of drug-likeness (QED) is 0.372. The predicted octanol–water partition coefficient (Wildman–Crippen LogP) is -0.483. The third-order valence-electron chi connectivity index (χ3n) is 1.28. The number of carboxylic acid groups (broad SMARTS) is 1. The molecular weight excluding hydrogens is 200 g/mol. The fourth-order valence-electron chi connectivity index (χ4n) is 0.829. The van der Waals surface area contributed by atoms with Crippen LogP contribution < -0.4 is 5.01 Å². The van der Waals surface area contributed by atoms with E-state index < -0.39 is 22.1 Å². The summed E-state index contributed by atoms with van der Waals surface area (Å²) in [4.78, 5) is 10.5. The van der Waals surface area contributed by atoms with Crippen molar-refractivity contribution < 1.29 is 22.9 Å². The number of hydrogen-bond donors (Lipinski definition) is 2. The molecular formula is C5H12N2O5S+. The Balaban J connectivity index is 4.40. The Hall–Kier alpha value is -0.860. The van der Waals surface area contributed by atoms with Gasteiger partial charge in [-0.3, -0.25) is 4.55 Å². The van der Waals surface area contributed by atoms with Crippen molar-refractivity contribution in [2.24, 2.45) is 0 Å². The van der Waals surface area contributed by atoms with Crippen LogP contribution in [0.1, 0.15) is 6.92 Å². The zero-order chi connectivity index (χ0) is 10.6. The van der Waals surface area contributed by atoms with Crippen molar-refractivity contribution in [3.05, 3.63) is 0 Å². The number of rotatable bonds is 4. The molecule has 0 aromatic heterocycles. The van der Waals surface area contributed by atoms with Gasteiger partial charge in [-0.25, -0.2) is 4.79 Å². The molecule has 8 heteroatoms. The molecule has 1 amide bonds. The maximum atomic E-state index is 10.5. The maximum Gasteiger partial charge on any atom is 0.456 e. The van der Waals surface area contributed by atoms with E-state index >= 15 is 0 Å². The van der Waals surface area contributed by atoms with E-state index in [4.69, 9.17) is 9.66 Å². The fourth-order valence-corrected chi connectivity index (χ4v) is 1.44. The molecule has 0 fully saturated rings. The van der Waals surface area contributed by atoms with Crippen LogP contribution in [0.15, 0.2) is 0 Å². The molecule has 0 aromatic carbocycles. The minimum atomic E-state index is -4.19. The predicted molar refractivity (Wildman–Crippen MR) is 44.9 cm³/mol. The Morgan fingerprint density at radius 2 is 2.00 bits per heavy atom. The van der Waals surface area contributed by atoms with Crippen molar-refractivity contribution in [3.63, 3.8) is 0 Å². The number of hydrazine groups is 1. The summed E-state index contributed by atoms with van der Waals surface area (Å²) in [5, 5.41) is 10.2. The SMILES string of the molecule is CCN(C(=O)O)[N+](C)CS(=O)(=O)O. The van der Waals surface area contributed by atoms with Gasteiger partial charge in [0.05, 0.1) is 6.54 Å². The molecule has 0 aromatic rings. The summed E-state index contributed by atoms with van der Waals surface area (Å²) in [7, 11) is -2.94. The van der Waals surface area contributed by atoms with Gasteiger partial charge in [-0.2, -0.15) is 8.42 Å². The molecule has 77 valence electrons. The highest BCUT2D eigenvalue weighted by atomic mass is 32.2. The van der Waals surface area contributed by atoms with Gasteiger partial charge in [0, 0.05) is 0 Å². The normalized spacial score (nSPS) is 11.7. The smallest absolute Gasteiger partial charge is 0.456 e. The summed E-state index contributed by atoms with van der Waals surface area (Å²) in [6.07, 6.45) is -1.27. The van der Waals surface area contributed by atoms with Crippen LogP contribution >= 0.6 is 0 Å². The molecule has 0 saturated carbocycles. The van der Waals surface area contributed by atoms with Crippen LogP contribution in [0.2, 0.25) is 0 Å². The summed E-state index contributed by atoms with van der Waals surface area (Å²) in [6.45, 7) is 1.66. The molecule has 0 aliphatic heterocycles. The summed E-state index contributed by atoms with van der Waals surface area (Å²) in [5.74, 6) is -0.743. The molecule has 13 heavy (non-hydrogen) atoms. The maximum absolute atomic E-state index is 10.5. The van der Waals surface area contributed by atoms with Crippen molar-refractivity contribution in [1.29, 1.82) is 0 Å². The molecule has 0 atom stereocenters. The summed E-state index contributed by atoms with van der Waals surface area (Å²) < 4.78 is 29.2. The summed E-state index contributed by atoms with van der Waals surface area (Å²) in [6, 6.07) is 0. The lowest BCUT2D eigenvalue weighted by Gasteiger charge is -2.15. The second kappa shape index (κ2) is 4.40. The van der Waals surface area contributed by atoms with E-state index in [1.54, 1.807) is 6.92 Å². The van der Waals surface area contributed by atoms with Gasteiger partial charge in [0.1, 0.15) is 7.05 Å². The average Bonchev–Trinajstić information content (AvgIpc) is 1.82. The van der Waals surface area contributed by atoms with Gasteiger partial charge in [0.2, 0.25) is 0 Å². The highest BCUT2D eigenvalue weighted by Gasteiger charge is 2.29. The Kier molecular flexibility index (Phi) is 4.11. The molecule has 0 unspecified atom stereocenters. The topological polar surface area (TPSA) is 101 Å². The first-order chi connectivity index (χ1) is 5.78. The van der Waals surface area contributed by atoms with Crippen LogP contribution in [-0.4, -0.2) is 48.6 Å². The van der Waals surface area contributed by atoms with E-state index in [2.05, 4.69) is 0 Å². The van der Waals surface area contributed by atoms with Gasteiger partial charge < -0.3 is 5.11 Å². The van der Waals surface area contributed by atoms with Crippen LogP contribution in [0.5, 0.6) is 0 Å². The minimum Gasteiger partial charge on any atom is -0.462 e. The van der Waals surface area contributed by atoms with E-state index in [0.29, 0.717) is 0 Å². The second-order valence-electron chi connectivity index (χ2n) is 2.37. The van der Waals surface area contributed by atoms with E-state index in [-0.39, 0.29) is 6.54 Å². The van der Waals surface area contributed by atoms with E-state index in [1.807, 2.05) is 0 Å². The highest BCUT2D eigenvalue weighted by molar-refractivity contribution is 7.85. The first kappa shape index (κ1) is 12.1. The van der Waals surface area contributed by atoms with Crippen LogP contribution in [0, 0.1) is 0 Å². The highest BCUT2D eigenvalue weighted by Crippen LogP contribution is 1.94. The number of hydrogen-bond acceptors (Lipinski definition) is 4. The standard InChI is InChI=1S/C5H12N2O5S/c1-3-7(5(8)9)6(2)4-13(10,11)12/h3-4H2,1-2H3,(H,8,9)(H,10,11,12)/q+1. The molecule has 0 bridgehead atoms. The van der Waals surface area contributed by atoms with Gasteiger partial charge in [0.15, 0.2) is 0 Å².